The van der Waals surface area contributed by atoms with Crippen molar-refractivity contribution in [2.45, 2.75) is 32.2 Å². The summed E-state index contributed by atoms with van der Waals surface area (Å²) in [5.41, 5.74) is 1.84. The van der Waals surface area contributed by atoms with Gasteiger partial charge in [-0.2, -0.15) is 0 Å². The van der Waals surface area contributed by atoms with Gasteiger partial charge in [0.25, 0.3) is 0 Å². The third-order valence-corrected chi connectivity index (χ3v) is 3.87. The first-order chi connectivity index (χ1) is 8.69. The minimum atomic E-state index is -0.207. The maximum atomic E-state index is 13.3. The van der Waals surface area contributed by atoms with Gasteiger partial charge in [-0.15, -0.1) is 0 Å². The van der Waals surface area contributed by atoms with E-state index in [0.29, 0.717) is 0 Å². The normalized spacial score (nSPS) is 17.3. The Hall–Kier alpha value is -1.35. The molecule has 2 nitrogen and oxygen atoms in total. The van der Waals surface area contributed by atoms with E-state index in [1.165, 1.54) is 18.9 Å². The molecule has 0 radical (unpaired) electrons. The van der Waals surface area contributed by atoms with E-state index in [4.69, 9.17) is 4.42 Å². The summed E-state index contributed by atoms with van der Waals surface area (Å²) in [6.07, 6.45) is 3.76. The van der Waals surface area contributed by atoms with Crippen LogP contribution in [-0.4, -0.2) is 7.05 Å². The molecule has 0 saturated heterocycles. The molecule has 96 valence electrons. The zero-order chi connectivity index (χ0) is 12.7. The predicted octanol–water partition coefficient (Wildman–Crippen LogP) is 3.94. The molecule has 1 saturated carbocycles. The van der Waals surface area contributed by atoms with Crippen molar-refractivity contribution in [2.24, 2.45) is 5.92 Å². The zero-order valence-electron chi connectivity index (χ0n) is 10.8. The van der Waals surface area contributed by atoms with Crippen LogP contribution in [0.25, 0.3) is 11.0 Å². The second kappa shape index (κ2) is 4.39. The number of benzene rings is 1. The third-order valence-electron chi connectivity index (χ3n) is 3.87. The van der Waals surface area contributed by atoms with Crippen LogP contribution < -0.4 is 5.32 Å². The number of fused-ring (bicyclic) bond motifs is 1. The number of halogens is 1. The van der Waals surface area contributed by atoms with E-state index in [1.807, 2.05) is 14.0 Å². The van der Waals surface area contributed by atoms with Gasteiger partial charge in [0.05, 0.1) is 6.04 Å². The summed E-state index contributed by atoms with van der Waals surface area (Å²) in [5, 5.41) is 4.21. The van der Waals surface area contributed by atoms with Gasteiger partial charge >= 0.3 is 0 Å². The van der Waals surface area contributed by atoms with Gasteiger partial charge in [-0.05, 0) is 44.5 Å². The lowest BCUT2D eigenvalue weighted by atomic mass is 10.0. The monoisotopic (exact) mass is 247 g/mol. The first kappa shape index (κ1) is 11.7. The Labute approximate surface area is 106 Å². The third kappa shape index (κ3) is 2.03. The van der Waals surface area contributed by atoms with Crippen LogP contribution in [0.2, 0.25) is 0 Å². The van der Waals surface area contributed by atoms with Crippen LogP contribution in [0.4, 0.5) is 4.39 Å². The van der Waals surface area contributed by atoms with Crippen molar-refractivity contribution in [2.75, 3.05) is 7.05 Å². The Morgan fingerprint density at radius 2 is 2.22 bits per heavy atom. The molecule has 1 atom stereocenters. The van der Waals surface area contributed by atoms with Gasteiger partial charge in [-0.1, -0.05) is 12.8 Å². The summed E-state index contributed by atoms with van der Waals surface area (Å²) in [4.78, 5) is 0. The fourth-order valence-electron chi connectivity index (χ4n) is 2.59. The number of nitrogens with one attached hydrogen (secondary N) is 1. The van der Waals surface area contributed by atoms with E-state index in [9.17, 15) is 4.39 Å². The second-order valence-corrected chi connectivity index (χ2v) is 5.25. The van der Waals surface area contributed by atoms with E-state index in [0.717, 1.165) is 34.6 Å². The summed E-state index contributed by atoms with van der Waals surface area (Å²) < 4.78 is 19.2. The van der Waals surface area contributed by atoms with E-state index in [-0.39, 0.29) is 11.9 Å². The van der Waals surface area contributed by atoms with Crippen molar-refractivity contribution in [3.63, 3.8) is 0 Å². The SMILES string of the molecule is CNC(CC1CC1)c1oc2ccc(F)cc2c1C. The fourth-order valence-corrected chi connectivity index (χ4v) is 2.59. The van der Waals surface area contributed by atoms with Gasteiger partial charge in [-0.3, -0.25) is 0 Å². The number of hydrogen-bond donors (Lipinski definition) is 1. The van der Waals surface area contributed by atoms with Crippen molar-refractivity contribution in [3.8, 4) is 0 Å². The largest absolute Gasteiger partial charge is 0.459 e. The molecule has 18 heavy (non-hydrogen) atoms. The molecule has 0 aliphatic heterocycles. The molecule has 1 heterocycles. The van der Waals surface area contributed by atoms with Crippen LogP contribution >= 0.6 is 0 Å². The Kier molecular flexibility index (Phi) is 2.86. The summed E-state index contributed by atoms with van der Waals surface area (Å²) in [6, 6.07) is 4.96. The molecule has 1 aliphatic carbocycles. The maximum absolute atomic E-state index is 13.3. The van der Waals surface area contributed by atoms with Crippen LogP contribution in [0.5, 0.6) is 0 Å². The van der Waals surface area contributed by atoms with Crippen LogP contribution in [0.15, 0.2) is 22.6 Å². The molecule has 3 heteroatoms. The number of hydrogen-bond acceptors (Lipinski definition) is 2. The van der Waals surface area contributed by atoms with Crippen LogP contribution in [0, 0.1) is 18.7 Å². The lowest BCUT2D eigenvalue weighted by Crippen LogP contribution is -2.17. The lowest BCUT2D eigenvalue weighted by Gasteiger charge is -2.13. The summed E-state index contributed by atoms with van der Waals surface area (Å²) in [5.74, 6) is 1.58. The number of rotatable bonds is 4. The Bertz CT molecular complexity index is 571. The first-order valence-corrected chi connectivity index (χ1v) is 6.55. The number of furan rings is 1. The fraction of sp³-hybridized carbons (Fsp3) is 0.467. The smallest absolute Gasteiger partial charge is 0.134 e. The van der Waals surface area contributed by atoms with Crippen molar-refractivity contribution in [1.29, 1.82) is 0 Å². The van der Waals surface area contributed by atoms with Crippen molar-refractivity contribution in [1.82, 2.24) is 5.32 Å². The van der Waals surface area contributed by atoms with Crippen LogP contribution in [-0.2, 0) is 0 Å². The van der Waals surface area contributed by atoms with Gasteiger partial charge in [0.2, 0.25) is 0 Å². The molecule has 0 bridgehead atoms. The Morgan fingerprint density at radius 1 is 1.44 bits per heavy atom. The standard InChI is InChI=1S/C15H18FNO/c1-9-12-8-11(16)5-6-14(12)18-15(9)13(17-2)7-10-3-4-10/h5-6,8,10,13,17H,3-4,7H2,1-2H3. The molecule has 3 rings (SSSR count). The van der Waals surface area contributed by atoms with Crippen LogP contribution in [0.1, 0.15) is 36.6 Å². The predicted molar refractivity (Wildman–Crippen MR) is 70.1 cm³/mol. The summed E-state index contributed by atoms with van der Waals surface area (Å²) in [7, 11) is 1.96. The second-order valence-electron chi connectivity index (χ2n) is 5.25. The lowest BCUT2D eigenvalue weighted by molar-refractivity contribution is 0.415. The molecule has 1 N–H and O–H groups in total. The quantitative estimate of drug-likeness (QED) is 0.885. The first-order valence-electron chi connectivity index (χ1n) is 6.55. The highest BCUT2D eigenvalue weighted by molar-refractivity contribution is 5.82. The molecule has 0 amide bonds. The van der Waals surface area contributed by atoms with Gasteiger partial charge in [0.15, 0.2) is 0 Å². The average molecular weight is 247 g/mol. The van der Waals surface area contributed by atoms with E-state index >= 15 is 0 Å². The molecular weight excluding hydrogens is 229 g/mol. The Morgan fingerprint density at radius 3 is 2.89 bits per heavy atom. The van der Waals surface area contributed by atoms with Gasteiger partial charge in [0.1, 0.15) is 17.2 Å². The molecule has 1 aromatic heterocycles. The minimum absolute atomic E-state index is 0.207. The van der Waals surface area contributed by atoms with Crippen molar-refractivity contribution >= 4 is 11.0 Å². The maximum Gasteiger partial charge on any atom is 0.134 e. The zero-order valence-corrected chi connectivity index (χ0v) is 10.8. The van der Waals surface area contributed by atoms with E-state index in [2.05, 4.69) is 5.32 Å². The van der Waals surface area contributed by atoms with Gasteiger partial charge in [-0.25, -0.2) is 4.39 Å². The molecule has 0 spiro atoms. The Balaban J connectivity index is 2.01. The van der Waals surface area contributed by atoms with Gasteiger partial charge in [0, 0.05) is 10.9 Å². The highest BCUT2D eigenvalue weighted by Crippen LogP contribution is 2.40. The highest BCUT2D eigenvalue weighted by Gasteiger charge is 2.28. The van der Waals surface area contributed by atoms with Gasteiger partial charge < -0.3 is 9.73 Å². The molecule has 1 aliphatic rings. The molecule has 1 unspecified atom stereocenters. The van der Waals surface area contributed by atoms with E-state index < -0.39 is 0 Å². The van der Waals surface area contributed by atoms with Crippen molar-refractivity contribution < 1.29 is 8.81 Å². The summed E-state index contributed by atoms with van der Waals surface area (Å²) >= 11 is 0. The molecular formula is C15H18FNO. The minimum Gasteiger partial charge on any atom is -0.459 e. The van der Waals surface area contributed by atoms with E-state index in [1.54, 1.807) is 12.1 Å². The summed E-state index contributed by atoms with van der Waals surface area (Å²) in [6.45, 7) is 2.01. The average Bonchev–Trinajstić information content (AvgIpc) is 3.13. The number of aryl methyl sites for hydroxylation is 1. The highest BCUT2D eigenvalue weighted by atomic mass is 19.1. The van der Waals surface area contributed by atoms with Crippen molar-refractivity contribution in [3.05, 3.63) is 35.3 Å². The molecule has 2 aromatic rings. The molecule has 1 aromatic carbocycles. The molecule has 1 fully saturated rings. The topological polar surface area (TPSA) is 25.2 Å². The van der Waals surface area contributed by atoms with Crippen LogP contribution in [0.3, 0.4) is 0 Å².